The molecule has 0 aliphatic carbocycles. The fraction of sp³-hybridized carbons (Fsp3) is 0.718. The maximum atomic E-state index is 14.6. The molecule has 3 aliphatic heterocycles. The van der Waals surface area contributed by atoms with E-state index in [-0.39, 0.29) is 25.2 Å². The Morgan fingerprint density at radius 2 is 1.52 bits per heavy atom. The Morgan fingerprint density at radius 3 is 2.04 bits per heavy atom. The van der Waals surface area contributed by atoms with Crippen LogP contribution in [0.2, 0.25) is 0 Å². The zero-order valence-electron chi connectivity index (χ0n) is 32.2. The summed E-state index contributed by atoms with van der Waals surface area (Å²) >= 11 is 0. The Balaban J connectivity index is 1.80. The first-order chi connectivity index (χ1) is 22.8. The Bertz CT molecular complexity index is 1440. The van der Waals surface area contributed by atoms with Crippen LogP contribution in [0, 0.1) is 5.92 Å². The predicted molar refractivity (Wildman–Crippen MR) is 185 cm³/mol. The molecule has 3 aliphatic rings. The largest absolute Gasteiger partial charge is 0.458 e. The van der Waals surface area contributed by atoms with Crippen LogP contribution in [-0.2, 0) is 58.7 Å². The number of ether oxygens (including phenoxy) is 8. The molecule has 0 saturated carbocycles. The van der Waals surface area contributed by atoms with Crippen molar-refractivity contribution in [2.45, 2.75) is 167 Å². The summed E-state index contributed by atoms with van der Waals surface area (Å²) in [5.74, 6) is -4.87. The van der Waals surface area contributed by atoms with Gasteiger partial charge in [-0.1, -0.05) is 43.8 Å². The summed E-state index contributed by atoms with van der Waals surface area (Å²) in [5, 5.41) is 0. The third kappa shape index (κ3) is 7.82. The van der Waals surface area contributed by atoms with Gasteiger partial charge < -0.3 is 37.9 Å². The second-order valence-electron chi connectivity index (χ2n) is 17.0. The lowest BCUT2D eigenvalue weighted by atomic mass is 9.66. The number of fused-ring (bicyclic) bond motifs is 4. The van der Waals surface area contributed by atoms with Crippen LogP contribution in [0.15, 0.2) is 42.5 Å². The normalized spacial score (nSPS) is 29.9. The Hall–Kier alpha value is -2.83. The van der Waals surface area contributed by atoms with Crippen LogP contribution >= 0.6 is 0 Å². The maximum absolute atomic E-state index is 14.6. The van der Waals surface area contributed by atoms with Gasteiger partial charge in [-0.05, 0) is 93.2 Å². The van der Waals surface area contributed by atoms with Gasteiger partial charge in [0, 0.05) is 32.8 Å². The van der Waals surface area contributed by atoms with Gasteiger partial charge >= 0.3 is 17.9 Å². The minimum Gasteiger partial charge on any atom is -0.458 e. The molecular weight excluding hydrogens is 644 g/mol. The Kier molecular flexibility index (Phi) is 10.9. The van der Waals surface area contributed by atoms with E-state index in [1.54, 1.807) is 69.2 Å². The van der Waals surface area contributed by atoms with Gasteiger partial charge in [0.05, 0.1) is 5.60 Å². The molecular formula is C39H58O11. The molecule has 280 valence electrons. The van der Waals surface area contributed by atoms with Gasteiger partial charge in [0.25, 0.3) is 0 Å². The third-order valence-electron chi connectivity index (χ3n) is 9.41. The standard InChI is InChI=1S/C39H58O11/c1-24(29(44-26(3)40)25(2)22-27-18-16-15-17-19-27)20-21-38-28(45-36(12,13)43-14)23-37(50-38,31(41)47-33(4,5)6)39(32(42)48-34(7,8)9)30(46-38)35(10,11)49-39/h15-19,25,28-30H,1,20-23H2,2-14H3/t25-,28-,29?,30?,37?,38?,39?/m1/s1. The average Bonchev–Trinajstić information content (AvgIpc) is 3.25. The monoisotopic (exact) mass is 702 g/mol. The van der Waals surface area contributed by atoms with Gasteiger partial charge in [-0.25, -0.2) is 9.59 Å². The average molecular weight is 703 g/mol. The van der Waals surface area contributed by atoms with Crippen molar-refractivity contribution in [2.24, 2.45) is 5.92 Å². The summed E-state index contributed by atoms with van der Waals surface area (Å²) in [6, 6.07) is 9.95. The summed E-state index contributed by atoms with van der Waals surface area (Å²) < 4.78 is 50.2. The van der Waals surface area contributed by atoms with Crippen molar-refractivity contribution in [1.29, 1.82) is 0 Å². The lowest BCUT2D eigenvalue weighted by Crippen LogP contribution is -2.87. The Morgan fingerprint density at radius 1 is 0.940 bits per heavy atom. The number of benzene rings is 1. The molecule has 3 saturated heterocycles. The molecule has 1 aromatic rings. The lowest BCUT2D eigenvalue weighted by Gasteiger charge is -2.65. The molecule has 50 heavy (non-hydrogen) atoms. The topological polar surface area (TPSA) is 125 Å². The van der Waals surface area contributed by atoms with Crippen molar-refractivity contribution < 1.29 is 52.3 Å². The number of hydrogen-bond acceptors (Lipinski definition) is 11. The predicted octanol–water partition coefficient (Wildman–Crippen LogP) is 6.39. The molecule has 0 aromatic heterocycles. The van der Waals surface area contributed by atoms with Gasteiger partial charge in [0.1, 0.15) is 29.5 Å². The van der Waals surface area contributed by atoms with Gasteiger partial charge in [-0.2, -0.15) is 0 Å². The number of esters is 3. The highest BCUT2D eigenvalue weighted by Gasteiger charge is 2.88. The number of hydrogen-bond donors (Lipinski definition) is 0. The zero-order valence-corrected chi connectivity index (χ0v) is 32.2. The van der Waals surface area contributed by atoms with E-state index in [1.807, 2.05) is 37.3 Å². The molecule has 4 rings (SSSR count). The summed E-state index contributed by atoms with van der Waals surface area (Å²) in [6.07, 6.45) is -1.68. The number of carbonyl (C=O) groups is 3. The highest BCUT2D eigenvalue weighted by Crippen LogP contribution is 2.65. The molecule has 11 nitrogen and oxygen atoms in total. The molecule has 3 heterocycles. The summed E-state index contributed by atoms with van der Waals surface area (Å²) in [7, 11) is 1.51. The van der Waals surface area contributed by atoms with Crippen molar-refractivity contribution in [3.63, 3.8) is 0 Å². The van der Waals surface area contributed by atoms with Crippen LogP contribution in [-0.4, -0.2) is 82.9 Å². The number of rotatable bonds is 13. The smallest absolute Gasteiger partial charge is 0.345 e. The van der Waals surface area contributed by atoms with Crippen LogP contribution in [0.1, 0.15) is 108 Å². The fourth-order valence-electron chi connectivity index (χ4n) is 7.27. The fourth-order valence-corrected chi connectivity index (χ4v) is 7.27. The third-order valence-corrected chi connectivity index (χ3v) is 9.41. The molecule has 2 bridgehead atoms. The molecule has 0 radical (unpaired) electrons. The van der Waals surface area contributed by atoms with E-state index in [0.29, 0.717) is 12.0 Å². The second kappa shape index (κ2) is 13.6. The van der Waals surface area contributed by atoms with E-state index in [2.05, 4.69) is 6.58 Å². The van der Waals surface area contributed by atoms with Crippen molar-refractivity contribution in [3.8, 4) is 0 Å². The van der Waals surface area contributed by atoms with Crippen molar-refractivity contribution in [2.75, 3.05) is 7.11 Å². The van der Waals surface area contributed by atoms with E-state index >= 15 is 0 Å². The van der Waals surface area contributed by atoms with Gasteiger partial charge in [0.2, 0.25) is 11.2 Å². The lowest BCUT2D eigenvalue weighted by molar-refractivity contribution is -0.473. The van der Waals surface area contributed by atoms with Crippen molar-refractivity contribution in [1.82, 2.24) is 0 Å². The van der Waals surface area contributed by atoms with E-state index in [4.69, 9.17) is 37.9 Å². The Labute approximate surface area is 297 Å². The SMILES string of the molecule is C=C(CCC12OC3C(C)(C)OC3(C(=O)OC(C)(C)C)C(C(=O)OC(C)(C)C)(C[C@H]1OC(C)(C)OC)O2)C(OC(C)=O)[C@H](C)Cc1ccccc1. The molecule has 5 unspecified atom stereocenters. The molecule has 0 N–H and O–H groups in total. The first-order valence-electron chi connectivity index (χ1n) is 17.5. The second-order valence-corrected chi connectivity index (χ2v) is 17.0. The first-order valence-corrected chi connectivity index (χ1v) is 17.5. The van der Waals surface area contributed by atoms with E-state index < -0.39 is 75.8 Å². The summed E-state index contributed by atoms with van der Waals surface area (Å²) in [4.78, 5) is 41.2. The van der Waals surface area contributed by atoms with Gasteiger partial charge in [0.15, 0.2) is 11.6 Å². The van der Waals surface area contributed by atoms with Crippen LogP contribution < -0.4 is 0 Å². The zero-order chi connectivity index (χ0) is 37.7. The highest BCUT2D eigenvalue weighted by molar-refractivity contribution is 5.96. The van der Waals surface area contributed by atoms with Crippen LogP contribution in [0.5, 0.6) is 0 Å². The minimum absolute atomic E-state index is 0.109. The molecule has 7 atom stereocenters. The quantitative estimate of drug-likeness (QED) is 0.0984. The molecule has 1 aromatic carbocycles. The summed E-state index contributed by atoms with van der Waals surface area (Å²) in [5.41, 5.74) is -5.19. The molecule has 0 amide bonds. The van der Waals surface area contributed by atoms with Gasteiger partial charge in [-0.15, -0.1) is 0 Å². The first kappa shape index (κ1) is 39.9. The van der Waals surface area contributed by atoms with Crippen LogP contribution in [0.25, 0.3) is 0 Å². The maximum Gasteiger partial charge on any atom is 0.345 e. The number of methoxy groups -OCH3 is 1. The molecule has 3 fully saturated rings. The molecule has 11 heteroatoms. The summed E-state index contributed by atoms with van der Waals surface area (Å²) in [6.45, 7) is 25.2. The van der Waals surface area contributed by atoms with E-state index in [9.17, 15) is 14.4 Å². The van der Waals surface area contributed by atoms with E-state index in [1.165, 1.54) is 14.0 Å². The highest BCUT2D eigenvalue weighted by atomic mass is 16.8. The van der Waals surface area contributed by atoms with Gasteiger partial charge in [-0.3, -0.25) is 4.79 Å². The minimum atomic E-state index is -2.02. The molecule has 0 spiro atoms. The van der Waals surface area contributed by atoms with E-state index in [0.717, 1.165) is 5.56 Å². The number of carbonyl (C=O) groups excluding carboxylic acids is 3. The van der Waals surface area contributed by atoms with Crippen LogP contribution in [0.4, 0.5) is 0 Å². The van der Waals surface area contributed by atoms with Crippen molar-refractivity contribution >= 4 is 17.9 Å². The van der Waals surface area contributed by atoms with Crippen LogP contribution in [0.3, 0.4) is 0 Å². The van der Waals surface area contributed by atoms with Crippen molar-refractivity contribution in [3.05, 3.63) is 48.0 Å².